The zero-order chi connectivity index (χ0) is 14.6. The molecule has 5 heteroatoms. The van der Waals surface area contributed by atoms with E-state index in [1.165, 1.54) is 18.2 Å². The second kappa shape index (κ2) is 6.66. The molecule has 0 saturated carbocycles. The highest BCUT2D eigenvalue weighted by Gasteiger charge is 2.40. The Labute approximate surface area is 123 Å². The lowest BCUT2D eigenvalue weighted by Crippen LogP contribution is -2.47. The van der Waals surface area contributed by atoms with Crippen molar-refractivity contribution >= 4 is 17.4 Å². The van der Waals surface area contributed by atoms with Crippen molar-refractivity contribution in [1.29, 1.82) is 0 Å². The van der Waals surface area contributed by atoms with Gasteiger partial charge in [0.2, 0.25) is 0 Å². The number of halogens is 2. The average molecular weight is 301 g/mol. The molecule has 1 heterocycles. The Balaban J connectivity index is 2.18. The van der Waals surface area contributed by atoms with Crippen molar-refractivity contribution in [2.45, 2.75) is 31.8 Å². The smallest absolute Gasteiger partial charge is 0.169 e. The van der Waals surface area contributed by atoms with Gasteiger partial charge in [-0.25, -0.2) is 4.39 Å². The summed E-state index contributed by atoms with van der Waals surface area (Å²) in [7, 11) is 0. The summed E-state index contributed by atoms with van der Waals surface area (Å²) >= 11 is 6.02. The second-order valence-electron chi connectivity index (χ2n) is 4.88. The minimum Gasteiger partial charge on any atom is -0.381 e. The monoisotopic (exact) mass is 300 g/mol. The van der Waals surface area contributed by atoms with Crippen LogP contribution in [0.2, 0.25) is 5.02 Å². The molecule has 0 N–H and O–H groups in total. The van der Waals surface area contributed by atoms with Crippen molar-refractivity contribution in [3.63, 3.8) is 0 Å². The SMILES string of the molecule is CCOC1(C(=O)Cc2cc(F)ccc2Cl)CCOCC1. The van der Waals surface area contributed by atoms with E-state index in [0.717, 1.165) is 0 Å². The number of carbonyl (C=O) groups excluding carboxylic acids is 1. The van der Waals surface area contributed by atoms with Gasteiger partial charge in [0.1, 0.15) is 11.4 Å². The van der Waals surface area contributed by atoms with Crippen LogP contribution in [-0.4, -0.2) is 31.2 Å². The van der Waals surface area contributed by atoms with Gasteiger partial charge in [0.15, 0.2) is 5.78 Å². The van der Waals surface area contributed by atoms with E-state index in [1.54, 1.807) is 0 Å². The highest BCUT2D eigenvalue weighted by Crippen LogP contribution is 2.29. The summed E-state index contributed by atoms with van der Waals surface area (Å²) in [6.07, 6.45) is 1.15. The first kappa shape index (κ1) is 15.4. The Morgan fingerprint density at radius 3 is 2.80 bits per heavy atom. The fraction of sp³-hybridized carbons (Fsp3) is 0.533. The summed E-state index contributed by atoms with van der Waals surface area (Å²) < 4.78 is 24.3. The summed E-state index contributed by atoms with van der Waals surface area (Å²) in [6, 6.07) is 4.05. The van der Waals surface area contributed by atoms with Gasteiger partial charge < -0.3 is 9.47 Å². The third-order valence-electron chi connectivity index (χ3n) is 3.59. The van der Waals surface area contributed by atoms with Gasteiger partial charge in [-0.15, -0.1) is 0 Å². The quantitative estimate of drug-likeness (QED) is 0.838. The average Bonchev–Trinajstić information content (AvgIpc) is 2.44. The molecule has 2 rings (SSSR count). The number of carbonyl (C=O) groups is 1. The number of hydrogen-bond acceptors (Lipinski definition) is 3. The lowest BCUT2D eigenvalue weighted by atomic mass is 9.86. The number of hydrogen-bond donors (Lipinski definition) is 0. The molecule has 1 aromatic carbocycles. The summed E-state index contributed by atoms with van der Waals surface area (Å²) in [5, 5.41) is 0.401. The van der Waals surface area contributed by atoms with Gasteiger partial charge in [-0.3, -0.25) is 4.79 Å². The maximum Gasteiger partial charge on any atom is 0.169 e. The van der Waals surface area contributed by atoms with E-state index in [0.29, 0.717) is 43.2 Å². The van der Waals surface area contributed by atoms with E-state index in [-0.39, 0.29) is 12.2 Å². The first-order valence-corrected chi connectivity index (χ1v) is 7.14. The van der Waals surface area contributed by atoms with Gasteiger partial charge in [-0.1, -0.05) is 11.6 Å². The second-order valence-corrected chi connectivity index (χ2v) is 5.28. The molecule has 0 spiro atoms. The fourth-order valence-electron chi connectivity index (χ4n) is 2.49. The highest BCUT2D eigenvalue weighted by atomic mass is 35.5. The van der Waals surface area contributed by atoms with Gasteiger partial charge in [0, 0.05) is 44.1 Å². The zero-order valence-corrected chi connectivity index (χ0v) is 12.2. The van der Waals surface area contributed by atoms with Crippen molar-refractivity contribution in [2.24, 2.45) is 0 Å². The van der Waals surface area contributed by atoms with Crippen LogP contribution in [0.1, 0.15) is 25.3 Å². The van der Waals surface area contributed by atoms with Crippen molar-refractivity contribution in [3.8, 4) is 0 Å². The van der Waals surface area contributed by atoms with E-state index in [2.05, 4.69) is 0 Å². The van der Waals surface area contributed by atoms with E-state index in [4.69, 9.17) is 21.1 Å². The Morgan fingerprint density at radius 2 is 2.15 bits per heavy atom. The predicted octanol–water partition coefficient (Wildman–Crippen LogP) is 3.18. The first-order chi connectivity index (χ1) is 9.57. The Morgan fingerprint density at radius 1 is 1.45 bits per heavy atom. The van der Waals surface area contributed by atoms with Crippen LogP contribution >= 0.6 is 11.6 Å². The van der Waals surface area contributed by atoms with Gasteiger partial charge in [0.25, 0.3) is 0 Å². The number of rotatable bonds is 5. The van der Waals surface area contributed by atoms with Crippen molar-refractivity contribution in [1.82, 2.24) is 0 Å². The van der Waals surface area contributed by atoms with Crippen LogP contribution in [0, 0.1) is 5.82 Å². The highest BCUT2D eigenvalue weighted by molar-refractivity contribution is 6.31. The Kier molecular flexibility index (Phi) is 5.13. The molecule has 1 aromatic rings. The number of Topliss-reactive ketones (excluding diaryl/α,β-unsaturated/α-hetero) is 1. The topological polar surface area (TPSA) is 35.5 Å². The van der Waals surface area contributed by atoms with Crippen molar-refractivity contribution in [3.05, 3.63) is 34.6 Å². The minimum absolute atomic E-state index is 0.0600. The number of ether oxygens (including phenoxy) is 2. The van der Waals surface area contributed by atoms with Crippen LogP contribution in [0.4, 0.5) is 4.39 Å². The maximum absolute atomic E-state index is 13.3. The molecule has 0 amide bonds. The molecule has 110 valence electrons. The summed E-state index contributed by atoms with van der Waals surface area (Å²) in [6.45, 7) is 3.33. The molecule has 1 saturated heterocycles. The summed E-state index contributed by atoms with van der Waals surface area (Å²) in [4.78, 5) is 12.6. The largest absolute Gasteiger partial charge is 0.381 e. The molecule has 20 heavy (non-hydrogen) atoms. The van der Waals surface area contributed by atoms with Gasteiger partial charge in [0.05, 0.1) is 0 Å². The van der Waals surface area contributed by atoms with Crippen molar-refractivity contribution < 1.29 is 18.7 Å². The molecule has 0 aliphatic carbocycles. The third kappa shape index (κ3) is 3.37. The molecular weight excluding hydrogens is 283 g/mol. The van der Waals surface area contributed by atoms with E-state index >= 15 is 0 Å². The lowest BCUT2D eigenvalue weighted by molar-refractivity contribution is -0.156. The molecule has 0 bridgehead atoms. The van der Waals surface area contributed by atoms with Crippen LogP contribution in [0.3, 0.4) is 0 Å². The van der Waals surface area contributed by atoms with Crippen LogP contribution in [0.5, 0.6) is 0 Å². The predicted molar refractivity (Wildman–Crippen MR) is 74.5 cm³/mol. The van der Waals surface area contributed by atoms with Gasteiger partial charge >= 0.3 is 0 Å². The Hall–Kier alpha value is -0.970. The zero-order valence-electron chi connectivity index (χ0n) is 11.5. The fourth-order valence-corrected chi connectivity index (χ4v) is 2.68. The van der Waals surface area contributed by atoms with Crippen molar-refractivity contribution in [2.75, 3.05) is 19.8 Å². The molecule has 1 aliphatic heterocycles. The van der Waals surface area contributed by atoms with Crippen LogP contribution < -0.4 is 0 Å². The summed E-state index contributed by atoms with van der Waals surface area (Å²) in [5.41, 5.74) is -0.315. The number of benzene rings is 1. The standard InChI is InChI=1S/C15H18ClFO3/c1-2-20-15(5-7-19-8-6-15)14(18)10-11-9-12(17)3-4-13(11)16/h3-4,9H,2,5-8,10H2,1H3. The normalized spacial score (nSPS) is 17.9. The molecule has 3 nitrogen and oxygen atoms in total. The number of ketones is 1. The lowest BCUT2D eigenvalue weighted by Gasteiger charge is -2.35. The molecule has 1 fully saturated rings. The molecular formula is C15H18ClFO3. The molecule has 0 radical (unpaired) electrons. The van der Waals surface area contributed by atoms with E-state index in [1.807, 2.05) is 6.92 Å². The third-order valence-corrected chi connectivity index (χ3v) is 3.96. The molecule has 0 unspecified atom stereocenters. The maximum atomic E-state index is 13.3. The van der Waals surface area contributed by atoms with Gasteiger partial charge in [-0.05, 0) is 30.7 Å². The Bertz CT molecular complexity index is 478. The molecule has 0 atom stereocenters. The van der Waals surface area contributed by atoms with Crippen LogP contribution in [-0.2, 0) is 20.7 Å². The van der Waals surface area contributed by atoms with Crippen LogP contribution in [0.15, 0.2) is 18.2 Å². The van der Waals surface area contributed by atoms with Gasteiger partial charge in [-0.2, -0.15) is 0 Å². The minimum atomic E-state index is -0.817. The van der Waals surface area contributed by atoms with Crippen LogP contribution in [0.25, 0.3) is 0 Å². The summed E-state index contributed by atoms with van der Waals surface area (Å²) in [5.74, 6) is -0.454. The van der Waals surface area contributed by atoms with E-state index in [9.17, 15) is 9.18 Å². The first-order valence-electron chi connectivity index (χ1n) is 6.76. The molecule has 1 aliphatic rings. The molecule has 0 aromatic heterocycles. The van der Waals surface area contributed by atoms with E-state index < -0.39 is 11.4 Å².